The van der Waals surface area contributed by atoms with Gasteiger partial charge in [0.05, 0.1) is 22.5 Å². The van der Waals surface area contributed by atoms with Crippen molar-refractivity contribution in [2.24, 2.45) is 45.8 Å². The molecule has 52 heavy (non-hydrogen) atoms. The molecular formula is C43H67NO7S. The average molecular weight is 742 g/mol. The third-order valence-corrected chi connectivity index (χ3v) is 17.1. The Labute approximate surface area is 314 Å². The molecule has 9 heteroatoms. The summed E-state index contributed by atoms with van der Waals surface area (Å²) in [5.74, 6) is -1.99. The molecule has 1 saturated heterocycles. The molecule has 0 spiro atoms. The highest BCUT2D eigenvalue weighted by atomic mass is 32.2. The highest BCUT2D eigenvalue weighted by Gasteiger charge is 2.69. The van der Waals surface area contributed by atoms with Crippen molar-refractivity contribution in [2.75, 3.05) is 12.3 Å². The van der Waals surface area contributed by atoms with Gasteiger partial charge in [0.15, 0.2) is 21.4 Å². The van der Waals surface area contributed by atoms with Crippen LogP contribution in [0.1, 0.15) is 157 Å². The minimum atomic E-state index is -3.47. The van der Waals surface area contributed by atoms with E-state index in [1.165, 1.54) is 0 Å². The van der Waals surface area contributed by atoms with Gasteiger partial charge < -0.3 is 4.90 Å². The molecule has 0 radical (unpaired) electrons. The first kappa shape index (κ1) is 41.0. The lowest BCUT2D eigenvalue weighted by Crippen LogP contribution is -2.52. The zero-order chi connectivity index (χ0) is 38.3. The molecule has 5 aliphatic rings. The van der Waals surface area contributed by atoms with Gasteiger partial charge in [-0.05, 0) is 93.3 Å². The van der Waals surface area contributed by atoms with E-state index in [9.17, 15) is 27.6 Å². The minimum Gasteiger partial charge on any atom is -0.332 e. The number of rotatable bonds is 18. The van der Waals surface area contributed by atoms with Crippen LogP contribution in [0.4, 0.5) is 0 Å². The van der Waals surface area contributed by atoms with E-state index in [1.807, 2.05) is 0 Å². The number of Topliss-reactive ketones (excluding diaryl/α,β-unsaturated/α-hetero) is 4. The number of fused-ring (bicyclic) bond motifs is 1. The topological polar surface area (TPSA) is 123 Å². The molecule has 0 N–H and O–H groups in total. The summed E-state index contributed by atoms with van der Waals surface area (Å²) in [6.45, 7) is 15.7. The van der Waals surface area contributed by atoms with Crippen molar-refractivity contribution in [3.05, 3.63) is 12.7 Å². The van der Waals surface area contributed by atoms with Crippen LogP contribution < -0.4 is 0 Å². The van der Waals surface area contributed by atoms with Gasteiger partial charge in [-0.2, -0.15) is 0 Å². The maximum atomic E-state index is 15.0. The van der Waals surface area contributed by atoms with Gasteiger partial charge in [0.25, 0.3) is 0 Å². The summed E-state index contributed by atoms with van der Waals surface area (Å²) in [5, 5.41) is 0. The molecule has 292 valence electrons. The molecule has 1 amide bonds. The lowest BCUT2D eigenvalue weighted by atomic mass is 9.64. The largest absolute Gasteiger partial charge is 0.332 e. The summed E-state index contributed by atoms with van der Waals surface area (Å²) < 4.78 is 26.1. The fourth-order valence-corrected chi connectivity index (χ4v) is 12.1. The van der Waals surface area contributed by atoms with Crippen molar-refractivity contribution >= 4 is 38.9 Å². The lowest BCUT2D eigenvalue weighted by Gasteiger charge is -2.44. The van der Waals surface area contributed by atoms with Gasteiger partial charge in [-0.25, -0.2) is 8.42 Å². The second kappa shape index (κ2) is 15.5. The van der Waals surface area contributed by atoms with E-state index >= 15 is 4.79 Å². The van der Waals surface area contributed by atoms with Crippen molar-refractivity contribution in [3.63, 3.8) is 0 Å². The van der Waals surface area contributed by atoms with Crippen LogP contribution >= 0.6 is 0 Å². The summed E-state index contributed by atoms with van der Waals surface area (Å²) in [5.41, 5.74) is -1.13. The van der Waals surface area contributed by atoms with E-state index in [1.54, 1.807) is 31.7 Å². The van der Waals surface area contributed by atoms with E-state index in [4.69, 9.17) is 0 Å². The van der Waals surface area contributed by atoms with Crippen molar-refractivity contribution in [2.45, 2.75) is 168 Å². The van der Waals surface area contributed by atoms with E-state index in [2.05, 4.69) is 27.4 Å². The van der Waals surface area contributed by atoms with Crippen molar-refractivity contribution < 1.29 is 32.4 Å². The van der Waals surface area contributed by atoms with E-state index in [-0.39, 0.29) is 66.2 Å². The van der Waals surface area contributed by atoms with Crippen LogP contribution in [0.2, 0.25) is 0 Å². The molecule has 0 aromatic carbocycles. The predicted octanol–water partition coefficient (Wildman–Crippen LogP) is 8.05. The zero-order valence-corrected chi connectivity index (χ0v) is 33.9. The Morgan fingerprint density at radius 2 is 1.48 bits per heavy atom. The van der Waals surface area contributed by atoms with Gasteiger partial charge in [-0.15, -0.1) is 6.58 Å². The second-order valence-corrected chi connectivity index (χ2v) is 22.4. The first-order chi connectivity index (χ1) is 24.3. The molecule has 0 bridgehead atoms. The highest BCUT2D eigenvalue weighted by molar-refractivity contribution is 7.92. The lowest BCUT2D eigenvalue weighted by molar-refractivity contribution is -0.150. The number of carbonyl (C=O) groups is 5. The van der Waals surface area contributed by atoms with Gasteiger partial charge in [-0.3, -0.25) is 24.0 Å². The number of allylic oxidation sites excluding steroid dienone is 1. The Hall–Kier alpha value is -2.16. The summed E-state index contributed by atoms with van der Waals surface area (Å²) in [6, 6.07) is -0.670. The molecule has 0 aromatic heterocycles. The standard InChI is InChI=1S/C43H67NO7S/c1-8-9-16-34(46)38(48)30(23-29-17-18-29)24-35(47)37-36-33(41(36,5)6)27-44(37)39(49)32(42(7)19-12-10-13-20-42)25-31(45)26-43(21-14-11-15-22-43)28-52(50,51)40(2,3)4/h8,29-30,32-33,36-37H,1,9-28H2,2-7H3/t30?,32-,33?,36+,37-/m1/s1. The Kier molecular flexibility index (Phi) is 12.2. The van der Waals surface area contributed by atoms with Crippen LogP contribution in [0.5, 0.6) is 0 Å². The predicted molar refractivity (Wildman–Crippen MR) is 204 cm³/mol. The third-order valence-electron chi connectivity index (χ3n) is 14.3. The quantitative estimate of drug-likeness (QED) is 0.103. The summed E-state index contributed by atoms with van der Waals surface area (Å²) in [6.07, 6.45) is 13.8. The number of piperidine rings is 1. The van der Waals surface area contributed by atoms with E-state index in [0.717, 1.165) is 64.2 Å². The SMILES string of the molecule is C=CCCC(=O)C(=O)C(CC(=O)[C@@H]1[C@@H]2C(CN1C(=O)[C@@H](CC(=O)CC1(CS(=O)(=O)C(C)(C)C)CCCCC1)C1(C)CCCCC1)C2(C)C)CC1CC1. The molecule has 4 aliphatic carbocycles. The monoisotopic (exact) mass is 741 g/mol. The molecule has 1 heterocycles. The number of hydrogen-bond donors (Lipinski definition) is 0. The second-order valence-electron chi connectivity index (χ2n) is 19.7. The third kappa shape index (κ3) is 8.86. The van der Waals surface area contributed by atoms with Crippen LogP contribution in [0.15, 0.2) is 12.7 Å². The maximum Gasteiger partial charge on any atom is 0.227 e. The molecular weight excluding hydrogens is 675 g/mol. The number of hydrogen-bond acceptors (Lipinski definition) is 7. The maximum absolute atomic E-state index is 15.0. The molecule has 0 aromatic rings. The minimum absolute atomic E-state index is 0.0108. The Morgan fingerprint density at radius 1 is 0.885 bits per heavy atom. The van der Waals surface area contributed by atoms with Crippen molar-refractivity contribution in [3.8, 4) is 0 Å². The van der Waals surface area contributed by atoms with Crippen LogP contribution in [-0.2, 0) is 33.8 Å². The summed E-state index contributed by atoms with van der Waals surface area (Å²) in [4.78, 5) is 71.9. The molecule has 5 atom stereocenters. The molecule has 2 unspecified atom stereocenters. The normalized spacial score (nSPS) is 27.6. The number of amides is 1. The molecule has 1 aliphatic heterocycles. The van der Waals surface area contributed by atoms with Crippen LogP contribution in [0, 0.1) is 45.8 Å². The number of sulfone groups is 1. The number of ketones is 4. The van der Waals surface area contributed by atoms with E-state index < -0.39 is 54.9 Å². The Balaban J connectivity index is 1.40. The Morgan fingerprint density at radius 3 is 2.04 bits per heavy atom. The van der Waals surface area contributed by atoms with Gasteiger partial charge in [0.1, 0.15) is 5.78 Å². The molecule has 8 nitrogen and oxygen atoms in total. The average Bonchev–Trinajstić information content (AvgIpc) is 3.92. The van der Waals surface area contributed by atoms with E-state index in [0.29, 0.717) is 38.1 Å². The fourth-order valence-electron chi connectivity index (χ4n) is 10.4. The van der Waals surface area contributed by atoms with Gasteiger partial charge >= 0.3 is 0 Å². The molecule has 5 fully saturated rings. The van der Waals surface area contributed by atoms with Gasteiger partial charge in [-0.1, -0.05) is 78.2 Å². The van der Waals surface area contributed by atoms with Crippen LogP contribution in [-0.4, -0.2) is 65.4 Å². The zero-order valence-electron chi connectivity index (χ0n) is 33.1. The van der Waals surface area contributed by atoms with Crippen molar-refractivity contribution in [1.29, 1.82) is 0 Å². The smallest absolute Gasteiger partial charge is 0.227 e. The molecule has 5 rings (SSSR count). The number of nitrogens with zero attached hydrogens (tertiary/aromatic N) is 1. The van der Waals surface area contributed by atoms with Crippen molar-refractivity contribution in [1.82, 2.24) is 4.90 Å². The Bertz CT molecular complexity index is 1500. The summed E-state index contributed by atoms with van der Waals surface area (Å²) >= 11 is 0. The first-order valence-electron chi connectivity index (χ1n) is 20.5. The number of carbonyl (C=O) groups excluding carboxylic acids is 5. The highest BCUT2D eigenvalue weighted by Crippen LogP contribution is 2.65. The first-order valence-corrected chi connectivity index (χ1v) is 22.2. The van der Waals surface area contributed by atoms with Crippen LogP contribution in [0.25, 0.3) is 0 Å². The van der Waals surface area contributed by atoms with Gasteiger partial charge in [0, 0.05) is 38.1 Å². The number of likely N-dealkylation sites (tertiary alicyclic amines) is 1. The summed E-state index contributed by atoms with van der Waals surface area (Å²) in [7, 11) is -3.47. The molecule has 4 saturated carbocycles. The van der Waals surface area contributed by atoms with Gasteiger partial charge in [0.2, 0.25) is 11.7 Å². The van der Waals surface area contributed by atoms with Crippen LogP contribution in [0.3, 0.4) is 0 Å². The fraction of sp³-hybridized carbons (Fsp3) is 0.837.